The normalized spacial score (nSPS) is 15.6. The smallest absolute Gasteiger partial charge is 0.332 e. The first-order valence-corrected chi connectivity index (χ1v) is 15.0. The number of hydrogen-bond acceptors (Lipinski definition) is 7. The number of imidazole rings is 1. The van der Waals surface area contributed by atoms with Crippen LogP contribution in [-0.2, 0) is 22.6 Å². The lowest BCUT2D eigenvalue weighted by atomic mass is 10.2. The molecule has 0 amide bonds. The van der Waals surface area contributed by atoms with Crippen molar-refractivity contribution in [2.24, 2.45) is 5.92 Å². The Bertz CT molecular complexity index is 1600. The highest BCUT2D eigenvalue weighted by Gasteiger charge is 2.25. The van der Waals surface area contributed by atoms with Crippen molar-refractivity contribution < 1.29 is 14.2 Å². The van der Waals surface area contributed by atoms with Gasteiger partial charge >= 0.3 is 5.69 Å². The van der Waals surface area contributed by atoms with Crippen LogP contribution in [0.4, 0.5) is 0 Å². The second-order valence-electron chi connectivity index (χ2n) is 11.5. The molecule has 1 aromatic carbocycles. The average molecular weight is 576 g/mol. The number of pyridine rings is 1. The van der Waals surface area contributed by atoms with E-state index in [0.717, 1.165) is 24.8 Å². The van der Waals surface area contributed by atoms with Gasteiger partial charge in [0.15, 0.2) is 17.5 Å². The van der Waals surface area contributed by atoms with Gasteiger partial charge in [0, 0.05) is 31.9 Å². The van der Waals surface area contributed by atoms with E-state index in [0.29, 0.717) is 67.1 Å². The molecule has 4 aromatic rings. The number of aromatic nitrogens is 5. The van der Waals surface area contributed by atoms with Crippen molar-refractivity contribution in [3.63, 3.8) is 0 Å². The van der Waals surface area contributed by atoms with Crippen molar-refractivity contribution in [2.75, 3.05) is 19.8 Å². The van der Waals surface area contributed by atoms with E-state index in [9.17, 15) is 9.59 Å². The Labute approximate surface area is 245 Å². The first-order chi connectivity index (χ1) is 20.3. The Morgan fingerprint density at radius 3 is 2.55 bits per heavy atom. The molecule has 1 aliphatic heterocycles. The molecule has 0 radical (unpaired) electrons. The van der Waals surface area contributed by atoms with Crippen LogP contribution in [0.1, 0.15) is 65.0 Å². The number of ether oxygens (including phenoxy) is 3. The van der Waals surface area contributed by atoms with Crippen LogP contribution in [0.3, 0.4) is 0 Å². The number of rotatable bonds is 12. The number of hydrogen-bond donors (Lipinski definition) is 0. The van der Waals surface area contributed by atoms with Gasteiger partial charge < -0.3 is 18.8 Å². The minimum Gasteiger partial charge on any atom is -0.477 e. The first-order valence-electron chi connectivity index (χ1n) is 15.0. The van der Waals surface area contributed by atoms with Crippen molar-refractivity contribution in [1.82, 2.24) is 23.7 Å². The van der Waals surface area contributed by atoms with E-state index in [2.05, 4.69) is 18.8 Å². The van der Waals surface area contributed by atoms with Crippen molar-refractivity contribution >= 4 is 11.2 Å². The highest BCUT2D eigenvalue weighted by atomic mass is 16.7. The minimum absolute atomic E-state index is 0.216. The third-order valence-corrected chi connectivity index (χ3v) is 7.30. The van der Waals surface area contributed by atoms with Crippen molar-refractivity contribution in [1.29, 1.82) is 0 Å². The van der Waals surface area contributed by atoms with Gasteiger partial charge in [0.2, 0.25) is 5.88 Å². The van der Waals surface area contributed by atoms with Gasteiger partial charge in [-0.15, -0.1) is 0 Å². The second kappa shape index (κ2) is 13.5. The SMILES string of the molecule is CC(C)COc1ncccc1-c1nc2c(c(=O)n(CCCOC3CCCCO3)c(=O)n2C(C)C)n1Cc1ccccc1. The van der Waals surface area contributed by atoms with Crippen molar-refractivity contribution in [3.05, 3.63) is 75.1 Å². The van der Waals surface area contributed by atoms with Gasteiger partial charge in [0.05, 0.1) is 18.8 Å². The van der Waals surface area contributed by atoms with E-state index in [4.69, 9.17) is 19.2 Å². The van der Waals surface area contributed by atoms with E-state index in [1.807, 2.05) is 60.9 Å². The highest BCUT2D eigenvalue weighted by molar-refractivity contribution is 5.78. The summed E-state index contributed by atoms with van der Waals surface area (Å²) in [4.78, 5) is 37.4. The fourth-order valence-corrected chi connectivity index (χ4v) is 5.24. The summed E-state index contributed by atoms with van der Waals surface area (Å²) in [6.45, 7) is 10.2. The lowest BCUT2D eigenvalue weighted by molar-refractivity contribution is -0.163. The zero-order valence-electron chi connectivity index (χ0n) is 25.0. The number of fused-ring (bicyclic) bond motifs is 1. The molecule has 0 saturated carbocycles. The Morgan fingerprint density at radius 2 is 1.83 bits per heavy atom. The minimum atomic E-state index is -0.380. The highest BCUT2D eigenvalue weighted by Crippen LogP contribution is 2.31. The van der Waals surface area contributed by atoms with Crippen LogP contribution in [-0.4, -0.2) is 49.8 Å². The zero-order chi connectivity index (χ0) is 29.6. The van der Waals surface area contributed by atoms with Gasteiger partial charge in [0.25, 0.3) is 5.56 Å². The Balaban J connectivity index is 1.62. The van der Waals surface area contributed by atoms with E-state index < -0.39 is 0 Å². The van der Waals surface area contributed by atoms with Crippen molar-refractivity contribution in [3.8, 4) is 17.3 Å². The third-order valence-electron chi connectivity index (χ3n) is 7.30. The maximum Gasteiger partial charge on any atom is 0.332 e. The quantitative estimate of drug-likeness (QED) is 0.219. The molecular formula is C32H41N5O5. The topological polar surface area (TPSA) is 102 Å². The fourth-order valence-electron chi connectivity index (χ4n) is 5.24. The van der Waals surface area contributed by atoms with E-state index in [1.165, 1.54) is 4.57 Å². The van der Waals surface area contributed by atoms with Crippen LogP contribution in [0.25, 0.3) is 22.6 Å². The van der Waals surface area contributed by atoms with Crippen molar-refractivity contribution in [2.45, 2.75) is 78.8 Å². The average Bonchev–Trinajstić information content (AvgIpc) is 3.35. The zero-order valence-corrected chi connectivity index (χ0v) is 25.0. The van der Waals surface area contributed by atoms with E-state index >= 15 is 0 Å². The maximum absolute atomic E-state index is 14.2. The van der Waals surface area contributed by atoms with Crippen LogP contribution in [0, 0.1) is 5.92 Å². The Hall–Kier alpha value is -3.76. The summed E-state index contributed by atoms with van der Waals surface area (Å²) in [7, 11) is 0. The summed E-state index contributed by atoms with van der Waals surface area (Å²) in [5.41, 5.74) is 1.64. The summed E-state index contributed by atoms with van der Waals surface area (Å²) >= 11 is 0. The van der Waals surface area contributed by atoms with Crippen LogP contribution < -0.4 is 16.0 Å². The molecule has 3 aromatic heterocycles. The van der Waals surface area contributed by atoms with Gasteiger partial charge in [0.1, 0.15) is 5.82 Å². The summed E-state index contributed by atoms with van der Waals surface area (Å²) in [6.07, 6.45) is 4.97. The molecule has 42 heavy (non-hydrogen) atoms. The summed E-state index contributed by atoms with van der Waals surface area (Å²) in [5.74, 6) is 1.27. The molecule has 1 unspecified atom stereocenters. The van der Waals surface area contributed by atoms with Crippen LogP contribution >= 0.6 is 0 Å². The second-order valence-corrected chi connectivity index (χ2v) is 11.5. The molecular weight excluding hydrogens is 534 g/mol. The molecule has 1 aliphatic rings. The molecule has 10 nitrogen and oxygen atoms in total. The molecule has 10 heteroatoms. The number of benzene rings is 1. The summed E-state index contributed by atoms with van der Waals surface area (Å²) < 4.78 is 22.5. The standard InChI is InChI=1S/C32H41N5O5/c1-22(2)21-42-30-25(14-10-16-33-30)28-34-29-27(36(28)20-24-12-6-5-7-13-24)31(38)35(32(39)37(29)23(3)4)17-11-19-41-26-15-8-9-18-40-26/h5-7,10,12-14,16,22-23,26H,8-9,11,15,17-21H2,1-4H3. The van der Waals surface area contributed by atoms with Crippen LogP contribution in [0.2, 0.25) is 0 Å². The molecule has 5 rings (SSSR count). The lowest BCUT2D eigenvalue weighted by Gasteiger charge is -2.22. The molecule has 224 valence electrons. The third kappa shape index (κ3) is 6.50. The van der Waals surface area contributed by atoms with E-state index in [-0.39, 0.29) is 30.1 Å². The number of nitrogens with zero attached hydrogens (tertiary/aromatic N) is 5. The molecule has 4 heterocycles. The van der Waals surface area contributed by atoms with E-state index in [1.54, 1.807) is 10.8 Å². The molecule has 1 fully saturated rings. The summed E-state index contributed by atoms with van der Waals surface area (Å²) in [6, 6.07) is 13.4. The monoisotopic (exact) mass is 575 g/mol. The van der Waals surface area contributed by atoms with Gasteiger partial charge in [-0.2, -0.15) is 0 Å². The molecule has 1 saturated heterocycles. The molecule has 0 N–H and O–H groups in total. The Morgan fingerprint density at radius 1 is 1.02 bits per heavy atom. The van der Waals surface area contributed by atoms with Crippen LogP contribution in [0.15, 0.2) is 58.3 Å². The molecule has 0 bridgehead atoms. The first kappa shape index (κ1) is 29.7. The van der Waals surface area contributed by atoms with Gasteiger partial charge in [-0.25, -0.2) is 14.8 Å². The summed E-state index contributed by atoms with van der Waals surface area (Å²) in [5, 5.41) is 0. The predicted molar refractivity (Wildman–Crippen MR) is 162 cm³/mol. The Kier molecular flexibility index (Phi) is 9.54. The molecule has 1 atom stereocenters. The fraction of sp³-hybridized carbons (Fsp3) is 0.500. The maximum atomic E-state index is 14.2. The largest absolute Gasteiger partial charge is 0.477 e. The lowest BCUT2D eigenvalue weighted by Crippen LogP contribution is -2.41. The molecule has 0 spiro atoms. The predicted octanol–water partition coefficient (Wildman–Crippen LogP) is 5.02. The molecule has 0 aliphatic carbocycles. The van der Waals surface area contributed by atoms with Gasteiger partial charge in [-0.3, -0.25) is 13.9 Å². The van der Waals surface area contributed by atoms with Gasteiger partial charge in [-0.05, 0) is 63.1 Å². The van der Waals surface area contributed by atoms with Crippen LogP contribution in [0.5, 0.6) is 5.88 Å². The van der Waals surface area contributed by atoms with Gasteiger partial charge in [-0.1, -0.05) is 44.2 Å².